The lowest BCUT2D eigenvalue weighted by Crippen LogP contribution is -2.04. The molecule has 0 radical (unpaired) electrons. The summed E-state index contributed by atoms with van der Waals surface area (Å²) in [7, 11) is 2.98. The molecule has 0 bridgehead atoms. The van der Waals surface area contributed by atoms with E-state index in [1.807, 2.05) is 0 Å². The summed E-state index contributed by atoms with van der Waals surface area (Å²) in [6, 6.07) is 7.15. The molecule has 25 heavy (non-hydrogen) atoms. The number of anilines is 2. The Morgan fingerprint density at radius 3 is 2.76 bits per heavy atom. The van der Waals surface area contributed by atoms with Crippen molar-refractivity contribution in [3.05, 3.63) is 48.0 Å². The van der Waals surface area contributed by atoms with E-state index in [1.165, 1.54) is 43.2 Å². The minimum atomic E-state index is -1.08. The number of carboxylic acids is 1. The molecule has 0 aliphatic rings. The maximum absolute atomic E-state index is 13.6. The number of methoxy groups -OCH3 is 1. The number of nitrogens with zero attached hydrogens (tertiary/aromatic N) is 4. The molecule has 0 aliphatic heterocycles. The van der Waals surface area contributed by atoms with Crippen LogP contribution in [0, 0.1) is 5.82 Å². The predicted octanol–water partition coefficient (Wildman–Crippen LogP) is 2.47. The molecule has 128 valence electrons. The van der Waals surface area contributed by atoms with E-state index >= 15 is 0 Å². The summed E-state index contributed by atoms with van der Waals surface area (Å²) < 4.78 is 19.8. The molecule has 0 saturated heterocycles. The van der Waals surface area contributed by atoms with Crippen LogP contribution in [-0.2, 0) is 7.05 Å². The van der Waals surface area contributed by atoms with Crippen molar-refractivity contribution in [2.24, 2.45) is 7.05 Å². The predicted molar refractivity (Wildman–Crippen MR) is 87.4 cm³/mol. The molecule has 0 spiro atoms. The number of hydrogen-bond acceptors (Lipinski definition) is 6. The highest BCUT2D eigenvalue weighted by Gasteiger charge is 2.14. The van der Waals surface area contributed by atoms with Gasteiger partial charge in [0.15, 0.2) is 0 Å². The zero-order valence-electron chi connectivity index (χ0n) is 13.4. The summed E-state index contributed by atoms with van der Waals surface area (Å²) in [6.07, 6.45) is 1.50. The number of aromatic carboxylic acids is 1. The molecule has 0 fully saturated rings. The minimum Gasteiger partial charge on any atom is -0.497 e. The average molecular weight is 343 g/mol. The van der Waals surface area contributed by atoms with Crippen molar-refractivity contribution >= 4 is 17.6 Å². The first kappa shape index (κ1) is 16.4. The van der Waals surface area contributed by atoms with Crippen molar-refractivity contribution in [2.45, 2.75) is 0 Å². The Kier molecular flexibility index (Phi) is 4.29. The summed E-state index contributed by atoms with van der Waals surface area (Å²) in [5, 5.41) is 16.1. The molecule has 0 amide bonds. The maximum Gasteiger partial charge on any atom is 0.354 e. The summed E-state index contributed by atoms with van der Waals surface area (Å²) in [6.45, 7) is 0. The van der Waals surface area contributed by atoms with Gasteiger partial charge < -0.3 is 15.2 Å². The van der Waals surface area contributed by atoms with Gasteiger partial charge in [-0.15, -0.1) is 0 Å². The molecule has 3 aromatic rings. The highest BCUT2D eigenvalue weighted by atomic mass is 19.1. The first-order valence-corrected chi connectivity index (χ1v) is 7.18. The van der Waals surface area contributed by atoms with Gasteiger partial charge >= 0.3 is 5.97 Å². The van der Waals surface area contributed by atoms with E-state index in [-0.39, 0.29) is 11.6 Å². The summed E-state index contributed by atoms with van der Waals surface area (Å²) in [5.74, 6) is -0.975. The number of rotatable bonds is 5. The highest BCUT2D eigenvalue weighted by Crippen LogP contribution is 2.23. The summed E-state index contributed by atoms with van der Waals surface area (Å²) in [4.78, 5) is 19.5. The van der Waals surface area contributed by atoms with Gasteiger partial charge in [-0.1, -0.05) is 0 Å². The zero-order valence-corrected chi connectivity index (χ0v) is 13.4. The van der Waals surface area contributed by atoms with Gasteiger partial charge in [-0.3, -0.25) is 4.68 Å². The number of ether oxygens (including phenoxy) is 1. The minimum absolute atomic E-state index is 0.0398. The molecule has 2 aromatic heterocycles. The molecule has 1 aromatic carbocycles. The number of hydrogen-bond donors (Lipinski definition) is 2. The highest BCUT2D eigenvalue weighted by molar-refractivity contribution is 5.87. The largest absolute Gasteiger partial charge is 0.497 e. The van der Waals surface area contributed by atoms with E-state index in [9.17, 15) is 9.18 Å². The molecule has 2 heterocycles. The molecule has 0 aliphatic carbocycles. The number of aromatic nitrogens is 4. The van der Waals surface area contributed by atoms with Gasteiger partial charge in [-0.2, -0.15) is 5.10 Å². The van der Waals surface area contributed by atoms with Crippen LogP contribution in [0.15, 0.2) is 36.5 Å². The molecule has 0 unspecified atom stereocenters. The van der Waals surface area contributed by atoms with Gasteiger partial charge in [0, 0.05) is 37.1 Å². The van der Waals surface area contributed by atoms with Crippen molar-refractivity contribution in [1.82, 2.24) is 19.7 Å². The summed E-state index contributed by atoms with van der Waals surface area (Å²) >= 11 is 0. The lowest BCUT2D eigenvalue weighted by atomic mass is 10.2. The van der Waals surface area contributed by atoms with Crippen molar-refractivity contribution in [3.63, 3.8) is 0 Å². The molecule has 8 nitrogen and oxygen atoms in total. The first-order chi connectivity index (χ1) is 12.0. The number of benzene rings is 1. The molecule has 2 N–H and O–H groups in total. The number of carboxylic acid groups (broad SMARTS) is 1. The van der Waals surface area contributed by atoms with Crippen LogP contribution in [0.25, 0.3) is 11.4 Å². The number of carbonyl (C=O) groups is 1. The first-order valence-electron chi connectivity index (χ1n) is 7.18. The van der Waals surface area contributed by atoms with E-state index in [0.717, 1.165) is 0 Å². The lowest BCUT2D eigenvalue weighted by Gasteiger charge is -2.08. The van der Waals surface area contributed by atoms with Crippen LogP contribution in [0.3, 0.4) is 0 Å². The van der Waals surface area contributed by atoms with Gasteiger partial charge in [-0.05, 0) is 12.1 Å². The van der Waals surface area contributed by atoms with E-state index in [0.29, 0.717) is 22.8 Å². The Bertz CT molecular complexity index is 941. The second-order valence-corrected chi connectivity index (χ2v) is 5.11. The van der Waals surface area contributed by atoms with Gasteiger partial charge in [0.2, 0.25) is 5.95 Å². The van der Waals surface area contributed by atoms with Crippen LogP contribution in [0.4, 0.5) is 16.0 Å². The van der Waals surface area contributed by atoms with Crippen LogP contribution >= 0.6 is 0 Å². The van der Waals surface area contributed by atoms with E-state index < -0.39 is 11.8 Å². The monoisotopic (exact) mass is 343 g/mol. The van der Waals surface area contributed by atoms with Crippen molar-refractivity contribution in [2.75, 3.05) is 12.4 Å². The molecule has 9 heteroatoms. The van der Waals surface area contributed by atoms with Gasteiger partial charge in [0.1, 0.15) is 23.0 Å². The Balaban J connectivity index is 1.91. The maximum atomic E-state index is 13.6. The molecular formula is C16H14FN5O3. The molecular weight excluding hydrogens is 329 g/mol. The topological polar surface area (TPSA) is 102 Å². The van der Waals surface area contributed by atoms with Gasteiger partial charge in [0.25, 0.3) is 0 Å². The smallest absolute Gasteiger partial charge is 0.354 e. The SMILES string of the molecule is COc1cc(F)cc(Nc2nccc(-c3cc(C(=O)O)n(C)n3)n2)c1. The second kappa shape index (κ2) is 6.56. The number of nitrogens with one attached hydrogen (secondary N) is 1. The van der Waals surface area contributed by atoms with Gasteiger partial charge in [0.05, 0.1) is 12.8 Å². The molecule has 0 saturated carbocycles. The zero-order chi connectivity index (χ0) is 18.0. The van der Waals surface area contributed by atoms with E-state index in [4.69, 9.17) is 9.84 Å². The fourth-order valence-corrected chi connectivity index (χ4v) is 2.24. The average Bonchev–Trinajstić information content (AvgIpc) is 2.96. The van der Waals surface area contributed by atoms with Crippen LogP contribution in [0.1, 0.15) is 10.5 Å². The van der Waals surface area contributed by atoms with Gasteiger partial charge in [-0.25, -0.2) is 19.2 Å². The third-order valence-electron chi connectivity index (χ3n) is 3.38. The van der Waals surface area contributed by atoms with E-state index in [1.54, 1.807) is 12.1 Å². The normalized spacial score (nSPS) is 10.5. The Morgan fingerprint density at radius 1 is 1.28 bits per heavy atom. The summed E-state index contributed by atoms with van der Waals surface area (Å²) in [5.41, 5.74) is 1.28. The van der Waals surface area contributed by atoms with Crippen LogP contribution in [-0.4, -0.2) is 37.9 Å². The third kappa shape index (κ3) is 3.55. The standard InChI is InChI=1S/C16H14FN5O3/c1-22-14(15(23)24)8-13(21-22)12-3-4-18-16(20-12)19-10-5-9(17)6-11(7-10)25-2/h3-8H,1-2H3,(H,23,24)(H,18,19,20). The van der Waals surface area contributed by atoms with Crippen molar-refractivity contribution in [3.8, 4) is 17.1 Å². The second-order valence-electron chi connectivity index (χ2n) is 5.11. The Hall–Kier alpha value is -3.49. The lowest BCUT2D eigenvalue weighted by molar-refractivity contribution is 0.0685. The van der Waals surface area contributed by atoms with Crippen molar-refractivity contribution < 1.29 is 19.0 Å². The van der Waals surface area contributed by atoms with E-state index in [2.05, 4.69) is 20.4 Å². The van der Waals surface area contributed by atoms with Crippen LogP contribution in [0.5, 0.6) is 5.75 Å². The number of halogens is 1. The fraction of sp³-hybridized carbons (Fsp3) is 0.125. The molecule has 3 rings (SSSR count). The Morgan fingerprint density at radius 2 is 2.08 bits per heavy atom. The quantitative estimate of drug-likeness (QED) is 0.733. The van der Waals surface area contributed by atoms with Crippen LogP contribution < -0.4 is 10.1 Å². The third-order valence-corrected chi connectivity index (χ3v) is 3.38. The number of aryl methyl sites for hydroxylation is 1. The fourth-order valence-electron chi connectivity index (χ4n) is 2.24. The Labute approximate surface area is 141 Å². The molecule has 0 atom stereocenters. The van der Waals surface area contributed by atoms with Crippen molar-refractivity contribution in [1.29, 1.82) is 0 Å². The van der Waals surface area contributed by atoms with Crippen LogP contribution in [0.2, 0.25) is 0 Å².